The van der Waals surface area contributed by atoms with Crippen LogP contribution in [0.1, 0.15) is 38.8 Å². The Balaban J connectivity index is 1.42. The van der Waals surface area contributed by atoms with E-state index in [0.29, 0.717) is 6.61 Å². The molecule has 3 saturated heterocycles. The van der Waals surface area contributed by atoms with Gasteiger partial charge in [-0.15, -0.1) is 0 Å². The molecule has 0 bridgehead atoms. The Kier molecular flexibility index (Phi) is 10.5. The molecule has 3 aliphatic heterocycles. The molecule has 5 rings (SSSR count). The fourth-order valence-electron chi connectivity index (χ4n) is 5.76. The minimum atomic E-state index is -1.14. The van der Waals surface area contributed by atoms with Crippen LogP contribution in [0.25, 0.3) is 0 Å². The highest BCUT2D eigenvalue weighted by molar-refractivity contribution is 5.73. The molecule has 3 aliphatic rings. The van der Waals surface area contributed by atoms with E-state index in [1.54, 1.807) is 13.8 Å². The largest absolute Gasteiger partial charge is 0.388 e. The first-order valence-corrected chi connectivity index (χ1v) is 14.7. The van der Waals surface area contributed by atoms with Crippen LogP contribution in [0.4, 0.5) is 0 Å². The zero-order valence-electron chi connectivity index (χ0n) is 25.3. The van der Waals surface area contributed by atoms with E-state index in [-0.39, 0.29) is 19.1 Å². The van der Waals surface area contributed by atoms with Crippen LogP contribution in [0.2, 0.25) is 0 Å². The van der Waals surface area contributed by atoms with E-state index in [4.69, 9.17) is 37.9 Å². The first-order valence-electron chi connectivity index (χ1n) is 14.7. The lowest BCUT2D eigenvalue weighted by molar-refractivity contribution is -0.391. The van der Waals surface area contributed by atoms with Crippen LogP contribution in [0.5, 0.6) is 0 Å². The number of carbonyl (C=O) groups is 1. The SMILES string of the molecule is CO[C@@H]1O[C@@H](C)[C@H](OCc2ccccc2)[C@@H](OCc2ccccc2)[C@H]1O[C@@H]1O[C@@H]2COC(C)(C)O[C@H]2[C@H](O)[C@H]1NC(C)=O. The molecule has 3 heterocycles. The highest BCUT2D eigenvalue weighted by Gasteiger charge is 2.55. The Hall–Kier alpha value is -2.45. The molecule has 2 aromatic carbocycles. The van der Waals surface area contributed by atoms with Crippen molar-refractivity contribution in [1.29, 1.82) is 0 Å². The van der Waals surface area contributed by atoms with E-state index in [1.165, 1.54) is 14.0 Å². The second-order valence-electron chi connectivity index (χ2n) is 11.6. The summed E-state index contributed by atoms with van der Waals surface area (Å²) < 4.78 is 49.7. The maximum absolute atomic E-state index is 12.2. The summed E-state index contributed by atoms with van der Waals surface area (Å²) in [4.78, 5) is 12.2. The van der Waals surface area contributed by atoms with Gasteiger partial charge in [0.25, 0.3) is 0 Å². The fraction of sp³-hybridized carbons (Fsp3) is 0.594. The lowest BCUT2D eigenvalue weighted by Gasteiger charge is -2.51. The number of fused-ring (bicyclic) bond motifs is 1. The summed E-state index contributed by atoms with van der Waals surface area (Å²) in [6.07, 6.45) is -7.00. The smallest absolute Gasteiger partial charge is 0.217 e. The molecule has 0 aromatic heterocycles. The number of hydrogen-bond acceptors (Lipinski definition) is 10. The molecular weight excluding hydrogens is 558 g/mol. The highest BCUT2D eigenvalue weighted by atomic mass is 16.8. The van der Waals surface area contributed by atoms with E-state index >= 15 is 0 Å². The number of rotatable bonds is 10. The summed E-state index contributed by atoms with van der Waals surface area (Å²) in [6, 6.07) is 18.7. The molecule has 0 unspecified atom stereocenters. The summed E-state index contributed by atoms with van der Waals surface area (Å²) in [7, 11) is 1.52. The van der Waals surface area contributed by atoms with Gasteiger partial charge >= 0.3 is 0 Å². The van der Waals surface area contributed by atoms with Crippen molar-refractivity contribution in [1.82, 2.24) is 5.32 Å². The number of aliphatic hydroxyl groups is 1. The first kappa shape index (κ1) is 32.0. The van der Waals surface area contributed by atoms with Gasteiger partial charge in [-0.1, -0.05) is 60.7 Å². The summed E-state index contributed by atoms with van der Waals surface area (Å²) >= 11 is 0. The van der Waals surface area contributed by atoms with Crippen LogP contribution < -0.4 is 5.32 Å². The van der Waals surface area contributed by atoms with Crippen LogP contribution in [0.15, 0.2) is 60.7 Å². The van der Waals surface area contributed by atoms with Gasteiger partial charge in [-0.2, -0.15) is 0 Å². The Morgan fingerprint density at radius 2 is 1.53 bits per heavy atom. The summed E-state index contributed by atoms with van der Waals surface area (Å²) in [5, 5.41) is 14.2. The molecule has 236 valence electrons. The molecule has 2 N–H and O–H groups in total. The fourth-order valence-corrected chi connectivity index (χ4v) is 5.76. The quantitative estimate of drug-likeness (QED) is 0.420. The van der Waals surface area contributed by atoms with Gasteiger partial charge in [-0.25, -0.2) is 0 Å². The van der Waals surface area contributed by atoms with Crippen molar-refractivity contribution in [2.24, 2.45) is 0 Å². The summed E-state index contributed by atoms with van der Waals surface area (Å²) in [6.45, 7) is 7.58. The average Bonchev–Trinajstić information content (AvgIpc) is 2.99. The molecule has 0 aliphatic carbocycles. The van der Waals surface area contributed by atoms with Crippen LogP contribution in [-0.2, 0) is 55.9 Å². The number of amides is 1. The van der Waals surface area contributed by atoms with E-state index < -0.39 is 67.1 Å². The molecule has 3 fully saturated rings. The first-order chi connectivity index (χ1) is 20.6. The van der Waals surface area contributed by atoms with Gasteiger partial charge in [0, 0.05) is 14.0 Å². The Labute approximate surface area is 252 Å². The zero-order chi connectivity index (χ0) is 30.6. The van der Waals surface area contributed by atoms with E-state index in [2.05, 4.69) is 5.32 Å². The minimum Gasteiger partial charge on any atom is -0.388 e. The molecule has 0 spiro atoms. The lowest BCUT2D eigenvalue weighted by Crippen LogP contribution is -2.70. The number of aliphatic hydroxyl groups excluding tert-OH is 1. The Morgan fingerprint density at radius 3 is 2.12 bits per heavy atom. The van der Waals surface area contributed by atoms with Crippen molar-refractivity contribution in [3.05, 3.63) is 71.8 Å². The van der Waals surface area contributed by atoms with Crippen molar-refractivity contribution < 1.29 is 47.8 Å². The lowest BCUT2D eigenvalue weighted by atomic mass is 9.94. The Bertz CT molecular complexity index is 1170. The van der Waals surface area contributed by atoms with Crippen LogP contribution >= 0.6 is 0 Å². The standard InChI is InChI=1S/C32H43NO10/c1-19-26(37-16-21-12-8-6-9-13-21)28(38-17-22-14-10-7-11-15-22)29(31(36-5)40-19)42-30-24(33-20(2)34)25(35)27-23(41-30)18-39-32(3,4)43-27/h6-15,19,23-31,35H,16-18H2,1-5H3,(H,33,34)/t19-,23+,24+,25+,26-,27+,28+,29+,30-,31+/m0/s1. The van der Waals surface area contributed by atoms with Gasteiger partial charge in [0.05, 0.1) is 25.9 Å². The average molecular weight is 602 g/mol. The van der Waals surface area contributed by atoms with Crippen molar-refractivity contribution in [2.45, 2.75) is 108 Å². The van der Waals surface area contributed by atoms with Crippen molar-refractivity contribution in [3.8, 4) is 0 Å². The molecule has 2 aromatic rings. The third-order valence-electron chi connectivity index (χ3n) is 7.88. The monoisotopic (exact) mass is 601 g/mol. The van der Waals surface area contributed by atoms with E-state index in [0.717, 1.165) is 11.1 Å². The number of ether oxygens (including phenoxy) is 8. The van der Waals surface area contributed by atoms with Gasteiger partial charge in [0.1, 0.15) is 42.7 Å². The maximum atomic E-state index is 12.2. The maximum Gasteiger partial charge on any atom is 0.217 e. The second kappa shape index (κ2) is 14.1. The van der Waals surface area contributed by atoms with Crippen LogP contribution in [0, 0.1) is 0 Å². The molecule has 1 amide bonds. The van der Waals surface area contributed by atoms with Crippen LogP contribution in [0.3, 0.4) is 0 Å². The molecular formula is C32H43NO10. The molecule has 0 radical (unpaired) electrons. The van der Waals surface area contributed by atoms with E-state index in [1.807, 2.05) is 67.6 Å². The van der Waals surface area contributed by atoms with Gasteiger partial charge in [0.15, 0.2) is 18.4 Å². The molecule has 0 saturated carbocycles. The second-order valence-corrected chi connectivity index (χ2v) is 11.6. The number of methoxy groups -OCH3 is 1. The zero-order valence-corrected chi connectivity index (χ0v) is 25.3. The van der Waals surface area contributed by atoms with Gasteiger partial charge in [-0.3, -0.25) is 4.79 Å². The predicted octanol–water partition coefficient (Wildman–Crippen LogP) is 2.68. The van der Waals surface area contributed by atoms with Crippen molar-refractivity contribution in [2.75, 3.05) is 13.7 Å². The third-order valence-corrected chi connectivity index (χ3v) is 7.88. The summed E-state index contributed by atoms with van der Waals surface area (Å²) in [5.74, 6) is -1.28. The van der Waals surface area contributed by atoms with Gasteiger partial charge in [-0.05, 0) is 31.9 Å². The highest BCUT2D eigenvalue weighted by Crippen LogP contribution is 2.36. The topological polar surface area (TPSA) is 123 Å². The summed E-state index contributed by atoms with van der Waals surface area (Å²) in [5.41, 5.74) is 1.97. The van der Waals surface area contributed by atoms with Gasteiger partial charge in [0.2, 0.25) is 5.91 Å². The predicted molar refractivity (Wildman–Crippen MR) is 153 cm³/mol. The number of nitrogens with one attached hydrogen (secondary N) is 1. The van der Waals surface area contributed by atoms with Crippen LogP contribution in [-0.4, -0.2) is 91.9 Å². The Morgan fingerprint density at radius 1 is 0.930 bits per heavy atom. The third kappa shape index (κ3) is 7.80. The molecule has 11 heteroatoms. The number of hydrogen-bond donors (Lipinski definition) is 2. The molecule has 11 nitrogen and oxygen atoms in total. The normalized spacial score (nSPS) is 35.6. The van der Waals surface area contributed by atoms with Gasteiger partial charge < -0.3 is 48.3 Å². The van der Waals surface area contributed by atoms with E-state index in [9.17, 15) is 9.90 Å². The molecule has 10 atom stereocenters. The molecule has 43 heavy (non-hydrogen) atoms. The number of carbonyl (C=O) groups excluding carboxylic acids is 1. The van der Waals surface area contributed by atoms with Crippen molar-refractivity contribution >= 4 is 5.91 Å². The number of benzene rings is 2. The minimum absolute atomic E-state index is 0.171. The van der Waals surface area contributed by atoms with Crippen molar-refractivity contribution in [3.63, 3.8) is 0 Å².